The molecule has 0 bridgehead atoms. The normalized spacial score (nSPS) is 10.4. The van der Waals surface area contributed by atoms with Crippen molar-refractivity contribution in [1.29, 1.82) is 0 Å². The van der Waals surface area contributed by atoms with Crippen LogP contribution in [0.25, 0.3) is 0 Å². The summed E-state index contributed by atoms with van der Waals surface area (Å²) in [6, 6.07) is 9.50. The third-order valence-corrected chi connectivity index (χ3v) is 2.61. The highest BCUT2D eigenvalue weighted by Gasteiger charge is 2.14. The summed E-state index contributed by atoms with van der Waals surface area (Å²) >= 11 is 0. The van der Waals surface area contributed by atoms with Crippen LogP contribution in [0.1, 0.15) is 39.0 Å². The van der Waals surface area contributed by atoms with E-state index in [4.69, 9.17) is 4.65 Å². The molecule has 2 nitrogen and oxygen atoms in total. The van der Waals surface area contributed by atoms with Crippen molar-refractivity contribution in [2.24, 2.45) is 0 Å². The largest absolute Gasteiger partial charge is 0.491 e. The summed E-state index contributed by atoms with van der Waals surface area (Å²) in [6.07, 6.45) is 6.04. The summed E-state index contributed by atoms with van der Waals surface area (Å²) in [6.45, 7) is 2.84. The van der Waals surface area contributed by atoms with Gasteiger partial charge in [0.15, 0.2) is 0 Å². The van der Waals surface area contributed by atoms with Crippen LogP contribution in [0.2, 0.25) is 0 Å². The molecule has 1 N–H and O–H groups in total. The first-order valence-electron chi connectivity index (χ1n) is 6.19. The molecule has 0 aliphatic heterocycles. The Bertz CT molecular complexity index is 264. The third-order valence-electron chi connectivity index (χ3n) is 2.61. The maximum absolute atomic E-state index is 9.70. The first-order chi connectivity index (χ1) is 7.84. The van der Waals surface area contributed by atoms with Crippen molar-refractivity contribution in [2.75, 3.05) is 6.61 Å². The molecule has 1 aromatic carbocycles. The van der Waals surface area contributed by atoms with E-state index in [0.717, 1.165) is 11.9 Å². The van der Waals surface area contributed by atoms with E-state index in [1.165, 1.54) is 25.7 Å². The maximum atomic E-state index is 9.70. The fraction of sp³-hybridized carbons (Fsp3) is 0.538. The van der Waals surface area contributed by atoms with Gasteiger partial charge in [-0.2, -0.15) is 0 Å². The third kappa shape index (κ3) is 5.33. The lowest BCUT2D eigenvalue weighted by molar-refractivity contribution is 0.261. The molecule has 0 atom stereocenters. The average molecular weight is 220 g/mol. The molecule has 0 saturated carbocycles. The van der Waals surface area contributed by atoms with Crippen LogP contribution in [-0.2, 0) is 4.65 Å². The first-order valence-corrected chi connectivity index (χ1v) is 6.19. The monoisotopic (exact) mass is 220 g/mol. The highest BCUT2D eigenvalue weighted by Crippen LogP contribution is 2.02. The van der Waals surface area contributed by atoms with Crippen LogP contribution >= 0.6 is 0 Å². The minimum absolute atomic E-state index is 0.639. The molecule has 1 rings (SSSR count). The van der Waals surface area contributed by atoms with Crippen molar-refractivity contribution in [3.63, 3.8) is 0 Å². The summed E-state index contributed by atoms with van der Waals surface area (Å²) in [5.74, 6) is 0. The Balaban J connectivity index is 2.09. The molecule has 0 aliphatic rings. The van der Waals surface area contributed by atoms with Crippen molar-refractivity contribution in [2.45, 2.75) is 39.0 Å². The molecular formula is C13H21BO2. The van der Waals surface area contributed by atoms with Crippen molar-refractivity contribution in [3.05, 3.63) is 30.3 Å². The van der Waals surface area contributed by atoms with Crippen molar-refractivity contribution in [3.8, 4) is 0 Å². The summed E-state index contributed by atoms with van der Waals surface area (Å²) in [5, 5.41) is 9.70. The number of hydrogen-bond acceptors (Lipinski definition) is 2. The van der Waals surface area contributed by atoms with Gasteiger partial charge in [-0.05, 0) is 11.9 Å². The van der Waals surface area contributed by atoms with E-state index in [-0.39, 0.29) is 0 Å². The van der Waals surface area contributed by atoms with Crippen LogP contribution in [0.4, 0.5) is 0 Å². The van der Waals surface area contributed by atoms with E-state index >= 15 is 0 Å². The van der Waals surface area contributed by atoms with Crippen molar-refractivity contribution >= 4 is 12.6 Å². The highest BCUT2D eigenvalue weighted by atomic mass is 16.5. The molecule has 0 unspecified atom stereocenters. The Morgan fingerprint density at radius 3 is 2.44 bits per heavy atom. The zero-order valence-electron chi connectivity index (χ0n) is 10.1. The molecule has 0 saturated heterocycles. The van der Waals surface area contributed by atoms with Gasteiger partial charge in [-0.15, -0.1) is 0 Å². The van der Waals surface area contributed by atoms with Gasteiger partial charge in [0, 0.05) is 6.61 Å². The minimum atomic E-state index is -0.771. The first kappa shape index (κ1) is 13.3. The lowest BCUT2D eigenvalue weighted by Crippen LogP contribution is -2.33. The number of benzene rings is 1. The summed E-state index contributed by atoms with van der Waals surface area (Å²) in [7, 11) is -0.771. The standard InChI is InChI=1S/C13H21BO2/c1-2-3-4-5-9-12-16-14(15)13-10-7-6-8-11-13/h6-8,10-11,15H,2-5,9,12H2,1H3. The Kier molecular flexibility index (Phi) is 6.94. The van der Waals surface area contributed by atoms with Crippen LogP contribution in [0.5, 0.6) is 0 Å². The zero-order chi connectivity index (χ0) is 11.6. The Morgan fingerprint density at radius 2 is 1.75 bits per heavy atom. The van der Waals surface area contributed by atoms with Gasteiger partial charge in [0.25, 0.3) is 0 Å². The molecule has 0 aliphatic carbocycles. The van der Waals surface area contributed by atoms with Gasteiger partial charge in [-0.3, -0.25) is 0 Å². The maximum Gasteiger partial charge on any atom is 0.491 e. The van der Waals surface area contributed by atoms with Gasteiger partial charge in [-0.25, -0.2) is 0 Å². The molecule has 16 heavy (non-hydrogen) atoms. The lowest BCUT2D eigenvalue weighted by atomic mass is 9.80. The zero-order valence-corrected chi connectivity index (χ0v) is 10.1. The molecule has 0 radical (unpaired) electrons. The van der Waals surface area contributed by atoms with E-state index in [9.17, 15) is 5.02 Å². The van der Waals surface area contributed by atoms with Gasteiger partial charge < -0.3 is 9.68 Å². The molecule has 88 valence electrons. The molecule has 0 fully saturated rings. The van der Waals surface area contributed by atoms with Crippen LogP contribution in [0, 0.1) is 0 Å². The fourth-order valence-corrected chi connectivity index (χ4v) is 1.61. The van der Waals surface area contributed by atoms with Crippen LogP contribution < -0.4 is 5.46 Å². The molecule has 0 amide bonds. The molecule has 3 heteroatoms. The number of rotatable bonds is 8. The smallest absolute Gasteiger partial charge is 0.423 e. The molecular weight excluding hydrogens is 199 g/mol. The Labute approximate surface area is 98.8 Å². The van der Waals surface area contributed by atoms with E-state index < -0.39 is 7.12 Å². The second kappa shape index (κ2) is 8.37. The van der Waals surface area contributed by atoms with Crippen LogP contribution in [0.3, 0.4) is 0 Å². The quantitative estimate of drug-likeness (QED) is 0.538. The Morgan fingerprint density at radius 1 is 1.06 bits per heavy atom. The number of unbranched alkanes of at least 4 members (excludes halogenated alkanes) is 4. The fourth-order valence-electron chi connectivity index (χ4n) is 1.61. The summed E-state index contributed by atoms with van der Waals surface area (Å²) < 4.78 is 5.36. The van der Waals surface area contributed by atoms with Crippen molar-refractivity contribution < 1.29 is 9.68 Å². The molecule has 0 spiro atoms. The predicted molar refractivity (Wildman–Crippen MR) is 68.8 cm³/mol. The van der Waals surface area contributed by atoms with Gasteiger partial charge in [0.05, 0.1) is 0 Å². The van der Waals surface area contributed by atoms with Gasteiger partial charge >= 0.3 is 7.12 Å². The molecule has 1 aromatic rings. The van der Waals surface area contributed by atoms with E-state index in [2.05, 4.69) is 6.92 Å². The second-order valence-corrected chi connectivity index (χ2v) is 4.05. The van der Waals surface area contributed by atoms with E-state index in [0.29, 0.717) is 6.61 Å². The number of hydrogen-bond donors (Lipinski definition) is 1. The topological polar surface area (TPSA) is 29.5 Å². The van der Waals surface area contributed by atoms with Gasteiger partial charge in [-0.1, -0.05) is 62.9 Å². The van der Waals surface area contributed by atoms with E-state index in [1.807, 2.05) is 30.3 Å². The van der Waals surface area contributed by atoms with Crippen LogP contribution in [0.15, 0.2) is 30.3 Å². The predicted octanol–water partition coefficient (Wildman–Crippen LogP) is 2.36. The Hall–Kier alpha value is -0.795. The van der Waals surface area contributed by atoms with Crippen LogP contribution in [-0.4, -0.2) is 18.7 Å². The SMILES string of the molecule is CCCCCCCOB(O)c1ccccc1. The second-order valence-electron chi connectivity index (χ2n) is 4.05. The van der Waals surface area contributed by atoms with Gasteiger partial charge in [0.1, 0.15) is 0 Å². The minimum Gasteiger partial charge on any atom is -0.423 e. The van der Waals surface area contributed by atoms with Crippen molar-refractivity contribution in [1.82, 2.24) is 0 Å². The van der Waals surface area contributed by atoms with Gasteiger partial charge in [0.2, 0.25) is 0 Å². The summed E-state index contributed by atoms with van der Waals surface area (Å²) in [4.78, 5) is 0. The molecule has 0 heterocycles. The molecule has 0 aromatic heterocycles. The highest BCUT2D eigenvalue weighted by molar-refractivity contribution is 6.59. The lowest BCUT2D eigenvalue weighted by Gasteiger charge is -2.07. The average Bonchev–Trinajstić information content (AvgIpc) is 2.34. The summed E-state index contributed by atoms with van der Waals surface area (Å²) in [5.41, 5.74) is 0.830. The van der Waals surface area contributed by atoms with E-state index in [1.54, 1.807) is 0 Å².